The molecule has 0 saturated carbocycles. The fourth-order valence-electron chi connectivity index (χ4n) is 5.08. The molecule has 3 heterocycles. The Balaban J connectivity index is 1.37. The zero-order valence-electron chi connectivity index (χ0n) is 19.8. The van der Waals surface area contributed by atoms with Crippen molar-refractivity contribution < 1.29 is 14.3 Å². The number of nitrogens with zero attached hydrogens (tertiary/aromatic N) is 2. The number of amides is 2. The average Bonchev–Trinajstić information content (AvgIpc) is 3.13. The summed E-state index contributed by atoms with van der Waals surface area (Å²) in [6.45, 7) is 6.20. The SMILES string of the molecule is Cc1nc(C)c(CC(=O)N2CCC3(CCCCCc4ccccc4OCCNC3=O)CC2)s1. The van der Waals surface area contributed by atoms with E-state index in [-0.39, 0.29) is 17.2 Å². The number of fused-ring (bicyclic) bond motifs is 1. The lowest BCUT2D eigenvalue weighted by molar-refractivity contribution is -0.140. The van der Waals surface area contributed by atoms with Crippen LogP contribution in [0, 0.1) is 19.3 Å². The van der Waals surface area contributed by atoms with Crippen molar-refractivity contribution in [1.29, 1.82) is 0 Å². The number of aromatic nitrogens is 1. The highest BCUT2D eigenvalue weighted by molar-refractivity contribution is 7.11. The molecule has 1 saturated heterocycles. The van der Waals surface area contributed by atoms with Gasteiger partial charge in [-0.05, 0) is 57.6 Å². The molecule has 0 unspecified atom stereocenters. The Morgan fingerprint density at radius 2 is 1.94 bits per heavy atom. The van der Waals surface area contributed by atoms with Gasteiger partial charge in [0.25, 0.3) is 0 Å². The summed E-state index contributed by atoms with van der Waals surface area (Å²) < 4.78 is 5.97. The molecule has 2 amide bonds. The largest absolute Gasteiger partial charge is 0.491 e. The molecular weight excluding hydrogens is 434 g/mol. The third-order valence-corrected chi connectivity index (χ3v) is 8.16. The normalized spacial score (nSPS) is 19.5. The van der Waals surface area contributed by atoms with E-state index in [1.165, 1.54) is 5.56 Å². The van der Waals surface area contributed by atoms with Crippen molar-refractivity contribution in [2.75, 3.05) is 26.2 Å². The van der Waals surface area contributed by atoms with Crippen LogP contribution in [0.4, 0.5) is 0 Å². The minimum absolute atomic E-state index is 0.125. The molecule has 7 heteroatoms. The van der Waals surface area contributed by atoms with Crippen molar-refractivity contribution in [2.24, 2.45) is 5.41 Å². The molecule has 33 heavy (non-hydrogen) atoms. The molecule has 4 rings (SSSR count). The Hall–Kier alpha value is -2.41. The van der Waals surface area contributed by atoms with E-state index in [4.69, 9.17) is 4.74 Å². The maximum Gasteiger partial charge on any atom is 0.227 e. The van der Waals surface area contributed by atoms with E-state index < -0.39 is 0 Å². The molecule has 6 nitrogen and oxygen atoms in total. The van der Waals surface area contributed by atoms with Gasteiger partial charge in [0.15, 0.2) is 0 Å². The molecule has 1 aromatic heterocycles. The molecule has 0 radical (unpaired) electrons. The van der Waals surface area contributed by atoms with Gasteiger partial charge in [-0.1, -0.05) is 31.0 Å². The van der Waals surface area contributed by atoms with Gasteiger partial charge in [-0.25, -0.2) is 4.98 Å². The van der Waals surface area contributed by atoms with Gasteiger partial charge in [-0.3, -0.25) is 9.59 Å². The third kappa shape index (κ3) is 5.75. The Morgan fingerprint density at radius 3 is 2.70 bits per heavy atom. The van der Waals surface area contributed by atoms with Crippen LogP contribution < -0.4 is 10.1 Å². The monoisotopic (exact) mass is 469 g/mol. The molecule has 0 aliphatic carbocycles. The quantitative estimate of drug-likeness (QED) is 0.715. The summed E-state index contributed by atoms with van der Waals surface area (Å²) >= 11 is 1.60. The van der Waals surface area contributed by atoms with Gasteiger partial charge in [0.05, 0.1) is 29.1 Å². The lowest BCUT2D eigenvalue weighted by Crippen LogP contribution is -2.51. The highest BCUT2D eigenvalue weighted by Crippen LogP contribution is 2.38. The number of para-hydroxylation sites is 1. The first-order chi connectivity index (χ1) is 16.0. The minimum Gasteiger partial charge on any atom is -0.491 e. The molecule has 1 N–H and O–H groups in total. The summed E-state index contributed by atoms with van der Waals surface area (Å²) in [4.78, 5) is 33.6. The number of likely N-dealkylation sites (tertiary alicyclic amines) is 1. The second-order valence-electron chi connectivity index (χ2n) is 9.35. The Bertz CT molecular complexity index is 979. The molecule has 178 valence electrons. The van der Waals surface area contributed by atoms with E-state index in [0.29, 0.717) is 32.7 Å². The molecular formula is C26H35N3O3S. The van der Waals surface area contributed by atoms with Gasteiger partial charge in [0.1, 0.15) is 12.4 Å². The zero-order valence-corrected chi connectivity index (χ0v) is 20.6. The molecule has 0 bridgehead atoms. The molecule has 1 aromatic carbocycles. The summed E-state index contributed by atoms with van der Waals surface area (Å²) in [5, 5.41) is 4.13. The van der Waals surface area contributed by atoms with Crippen LogP contribution in [-0.2, 0) is 22.4 Å². The smallest absolute Gasteiger partial charge is 0.227 e. The number of hydrogen-bond donors (Lipinski definition) is 1. The van der Waals surface area contributed by atoms with E-state index >= 15 is 0 Å². The number of piperidine rings is 1. The van der Waals surface area contributed by atoms with Crippen LogP contribution in [-0.4, -0.2) is 47.9 Å². The summed E-state index contributed by atoms with van der Waals surface area (Å²) in [5.41, 5.74) is 1.82. The minimum atomic E-state index is -0.380. The number of carbonyl (C=O) groups excluding carboxylic acids is 2. The van der Waals surface area contributed by atoms with E-state index in [0.717, 1.165) is 66.3 Å². The standard InChI is InChI=1S/C26H35N3O3S/c1-19-23(33-20(2)28-19)18-24(30)29-15-12-26(13-16-29)11-7-3-4-8-21-9-5-6-10-22(21)32-17-14-27-25(26)31/h5-6,9-10H,3-4,7-8,11-18H2,1-2H3,(H,27,31). The molecule has 2 aromatic rings. The molecule has 0 atom stereocenters. The number of carbonyl (C=O) groups is 2. The second-order valence-corrected chi connectivity index (χ2v) is 10.6. The predicted molar refractivity (Wildman–Crippen MR) is 131 cm³/mol. The van der Waals surface area contributed by atoms with Crippen molar-refractivity contribution in [3.63, 3.8) is 0 Å². The Morgan fingerprint density at radius 1 is 1.15 bits per heavy atom. The summed E-state index contributed by atoms with van der Waals surface area (Å²) in [6.07, 6.45) is 6.98. The number of nitrogens with one attached hydrogen (secondary N) is 1. The van der Waals surface area contributed by atoms with Crippen molar-refractivity contribution >= 4 is 23.2 Å². The number of hydrogen-bond acceptors (Lipinski definition) is 5. The van der Waals surface area contributed by atoms with Crippen LogP contribution in [0.2, 0.25) is 0 Å². The highest BCUT2D eigenvalue weighted by atomic mass is 32.1. The van der Waals surface area contributed by atoms with Gasteiger partial charge < -0.3 is 15.0 Å². The molecule has 2 aliphatic rings. The first kappa shape index (κ1) is 23.7. The van der Waals surface area contributed by atoms with E-state index in [1.54, 1.807) is 11.3 Å². The number of aryl methyl sites for hydroxylation is 3. The topological polar surface area (TPSA) is 71.5 Å². The predicted octanol–water partition coefficient (Wildman–Crippen LogP) is 4.22. The lowest BCUT2D eigenvalue weighted by Gasteiger charge is -2.41. The van der Waals surface area contributed by atoms with Crippen LogP contribution in [0.15, 0.2) is 24.3 Å². The highest BCUT2D eigenvalue weighted by Gasteiger charge is 2.41. The number of rotatable bonds is 2. The van der Waals surface area contributed by atoms with Crippen molar-refractivity contribution in [3.05, 3.63) is 45.4 Å². The number of benzene rings is 1. The van der Waals surface area contributed by atoms with Crippen molar-refractivity contribution in [1.82, 2.24) is 15.2 Å². The summed E-state index contributed by atoms with van der Waals surface area (Å²) in [5.74, 6) is 1.20. The van der Waals surface area contributed by atoms with Gasteiger partial charge in [-0.2, -0.15) is 0 Å². The van der Waals surface area contributed by atoms with Gasteiger partial charge in [-0.15, -0.1) is 11.3 Å². The van der Waals surface area contributed by atoms with Gasteiger partial charge in [0.2, 0.25) is 11.8 Å². The fraction of sp³-hybridized carbons (Fsp3) is 0.577. The lowest BCUT2D eigenvalue weighted by atomic mass is 9.73. The molecule has 1 spiro atoms. The van der Waals surface area contributed by atoms with Crippen molar-refractivity contribution in [2.45, 2.75) is 65.2 Å². The van der Waals surface area contributed by atoms with Crippen LogP contribution in [0.5, 0.6) is 5.75 Å². The summed E-state index contributed by atoms with van der Waals surface area (Å²) in [7, 11) is 0. The maximum atomic E-state index is 13.3. The van der Waals surface area contributed by atoms with Crippen LogP contribution in [0.25, 0.3) is 0 Å². The first-order valence-corrected chi connectivity index (χ1v) is 13.0. The van der Waals surface area contributed by atoms with Gasteiger partial charge >= 0.3 is 0 Å². The fourth-order valence-corrected chi connectivity index (χ4v) is 6.01. The summed E-state index contributed by atoms with van der Waals surface area (Å²) in [6, 6.07) is 8.21. The van der Waals surface area contributed by atoms with Crippen LogP contribution in [0.3, 0.4) is 0 Å². The van der Waals surface area contributed by atoms with E-state index in [2.05, 4.69) is 22.4 Å². The average molecular weight is 470 g/mol. The van der Waals surface area contributed by atoms with Crippen molar-refractivity contribution in [3.8, 4) is 5.75 Å². The van der Waals surface area contributed by atoms with Crippen LogP contribution in [0.1, 0.15) is 59.7 Å². The second kappa shape index (κ2) is 10.7. The first-order valence-electron chi connectivity index (χ1n) is 12.2. The maximum absolute atomic E-state index is 13.3. The Kier molecular flexibility index (Phi) is 7.68. The van der Waals surface area contributed by atoms with E-state index in [9.17, 15) is 9.59 Å². The number of ether oxygens (including phenoxy) is 1. The van der Waals surface area contributed by atoms with Crippen LogP contribution >= 0.6 is 11.3 Å². The van der Waals surface area contributed by atoms with Gasteiger partial charge in [0, 0.05) is 18.0 Å². The zero-order chi connectivity index (χ0) is 23.3. The van der Waals surface area contributed by atoms with E-state index in [1.807, 2.05) is 30.9 Å². The number of thiazole rings is 1. The third-order valence-electron chi connectivity index (χ3n) is 7.09. The molecule has 1 fully saturated rings. The Labute approximate surface area is 200 Å². The molecule has 2 aliphatic heterocycles.